The SMILES string of the molecule is CCOc1ccc(C2=C(Nc3cc(OC)c(OC)c(OC)c3)C(=O)N(CCOC)C2=O)cc1. The highest BCUT2D eigenvalue weighted by Gasteiger charge is 2.39. The van der Waals surface area contributed by atoms with Crippen molar-refractivity contribution >= 4 is 23.1 Å². The number of hydrogen-bond donors (Lipinski definition) is 1. The Balaban J connectivity index is 2.07. The summed E-state index contributed by atoms with van der Waals surface area (Å²) in [5, 5.41) is 3.10. The summed E-state index contributed by atoms with van der Waals surface area (Å²) in [4.78, 5) is 27.6. The van der Waals surface area contributed by atoms with Crippen molar-refractivity contribution in [3.63, 3.8) is 0 Å². The lowest BCUT2D eigenvalue weighted by atomic mass is 10.0. The average Bonchev–Trinajstić information content (AvgIpc) is 3.06. The van der Waals surface area contributed by atoms with Gasteiger partial charge >= 0.3 is 0 Å². The number of amides is 2. The first-order valence-electron chi connectivity index (χ1n) is 10.4. The van der Waals surface area contributed by atoms with Gasteiger partial charge in [-0.2, -0.15) is 0 Å². The van der Waals surface area contributed by atoms with E-state index in [1.54, 1.807) is 36.4 Å². The van der Waals surface area contributed by atoms with Gasteiger partial charge < -0.3 is 29.0 Å². The summed E-state index contributed by atoms with van der Waals surface area (Å²) in [5.41, 5.74) is 1.49. The molecule has 1 heterocycles. The van der Waals surface area contributed by atoms with Crippen LogP contribution in [0.25, 0.3) is 5.57 Å². The van der Waals surface area contributed by atoms with Gasteiger partial charge in [-0.1, -0.05) is 12.1 Å². The van der Waals surface area contributed by atoms with Crippen LogP contribution < -0.4 is 24.3 Å². The lowest BCUT2D eigenvalue weighted by Gasteiger charge is -2.16. The summed E-state index contributed by atoms with van der Waals surface area (Å²) in [6.07, 6.45) is 0. The minimum absolute atomic E-state index is 0.134. The second-order valence-corrected chi connectivity index (χ2v) is 7.00. The van der Waals surface area contributed by atoms with Crippen LogP contribution in [0.2, 0.25) is 0 Å². The molecule has 0 saturated heterocycles. The van der Waals surface area contributed by atoms with E-state index in [4.69, 9.17) is 23.7 Å². The van der Waals surface area contributed by atoms with Gasteiger partial charge in [-0.05, 0) is 24.6 Å². The number of nitrogens with zero attached hydrogens (tertiary/aromatic N) is 1. The molecule has 2 amide bonds. The fourth-order valence-corrected chi connectivity index (χ4v) is 3.53. The van der Waals surface area contributed by atoms with Crippen LogP contribution in [0.1, 0.15) is 12.5 Å². The molecule has 0 unspecified atom stereocenters. The van der Waals surface area contributed by atoms with Crippen LogP contribution in [-0.2, 0) is 14.3 Å². The van der Waals surface area contributed by atoms with Crippen LogP contribution >= 0.6 is 0 Å². The molecule has 1 aliphatic rings. The number of nitrogens with one attached hydrogen (secondary N) is 1. The second-order valence-electron chi connectivity index (χ2n) is 7.00. The van der Waals surface area contributed by atoms with E-state index in [-0.39, 0.29) is 24.4 Å². The average molecular weight is 456 g/mol. The monoisotopic (exact) mass is 456 g/mol. The highest BCUT2D eigenvalue weighted by atomic mass is 16.5. The fourth-order valence-electron chi connectivity index (χ4n) is 3.53. The first-order valence-corrected chi connectivity index (χ1v) is 10.4. The van der Waals surface area contributed by atoms with E-state index in [0.29, 0.717) is 40.9 Å². The van der Waals surface area contributed by atoms with Crippen molar-refractivity contribution in [2.45, 2.75) is 6.92 Å². The van der Waals surface area contributed by atoms with Crippen molar-refractivity contribution in [3.8, 4) is 23.0 Å². The normalized spacial score (nSPS) is 13.4. The van der Waals surface area contributed by atoms with Crippen LogP contribution in [0, 0.1) is 0 Å². The number of rotatable bonds is 11. The van der Waals surface area contributed by atoms with Gasteiger partial charge in [-0.3, -0.25) is 14.5 Å². The standard InChI is InChI=1S/C24H28N2O7/c1-6-33-17-9-7-15(8-10-17)20-21(24(28)26(23(20)27)11-12-29-2)25-16-13-18(30-3)22(32-5)19(14-16)31-4/h7-10,13-14,25H,6,11-12H2,1-5H3. The van der Waals surface area contributed by atoms with Crippen LogP contribution in [0.15, 0.2) is 42.1 Å². The van der Waals surface area contributed by atoms with Gasteiger partial charge in [0.25, 0.3) is 11.8 Å². The number of methoxy groups -OCH3 is 4. The number of carbonyl (C=O) groups excluding carboxylic acids is 2. The van der Waals surface area contributed by atoms with E-state index < -0.39 is 11.8 Å². The van der Waals surface area contributed by atoms with Crippen molar-refractivity contribution in [1.29, 1.82) is 0 Å². The fraction of sp³-hybridized carbons (Fsp3) is 0.333. The van der Waals surface area contributed by atoms with Gasteiger partial charge in [0.1, 0.15) is 11.4 Å². The number of carbonyl (C=O) groups is 2. The Kier molecular flexibility index (Phi) is 7.78. The Morgan fingerprint density at radius 2 is 1.52 bits per heavy atom. The van der Waals surface area contributed by atoms with Crippen LogP contribution in [0.4, 0.5) is 5.69 Å². The number of ether oxygens (including phenoxy) is 5. The molecule has 0 saturated carbocycles. The summed E-state index contributed by atoms with van der Waals surface area (Å²) in [6.45, 7) is 2.78. The van der Waals surface area contributed by atoms with E-state index in [1.165, 1.54) is 28.4 Å². The van der Waals surface area contributed by atoms with Gasteiger partial charge in [0.05, 0.1) is 46.7 Å². The summed E-state index contributed by atoms with van der Waals surface area (Å²) in [6, 6.07) is 10.4. The molecule has 0 aromatic heterocycles. The summed E-state index contributed by atoms with van der Waals surface area (Å²) >= 11 is 0. The molecule has 1 aliphatic heterocycles. The smallest absolute Gasteiger partial charge is 0.278 e. The number of anilines is 1. The van der Waals surface area contributed by atoms with E-state index in [2.05, 4.69) is 5.32 Å². The summed E-state index contributed by atoms with van der Waals surface area (Å²) in [5.74, 6) is 1.06. The van der Waals surface area contributed by atoms with Gasteiger partial charge in [-0.15, -0.1) is 0 Å². The Morgan fingerprint density at radius 1 is 0.879 bits per heavy atom. The molecular formula is C24H28N2O7. The quantitative estimate of drug-likeness (QED) is 0.516. The topological polar surface area (TPSA) is 95.6 Å². The molecule has 33 heavy (non-hydrogen) atoms. The number of imide groups is 1. The molecule has 0 spiro atoms. The Labute approximate surface area is 192 Å². The van der Waals surface area contributed by atoms with Crippen molar-refractivity contribution in [2.24, 2.45) is 0 Å². The second kappa shape index (κ2) is 10.7. The molecule has 0 radical (unpaired) electrons. The lowest BCUT2D eigenvalue weighted by molar-refractivity contribution is -0.137. The predicted molar refractivity (Wildman–Crippen MR) is 123 cm³/mol. The van der Waals surface area contributed by atoms with Gasteiger partial charge in [-0.25, -0.2) is 0 Å². The van der Waals surface area contributed by atoms with Crippen molar-refractivity contribution < 1.29 is 33.3 Å². The largest absolute Gasteiger partial charge is 0.494 e. The van der Waals surface area contributed by atoms with E-state index in [0.717, 1.165) is 4.90 Å². The molecule has 2 aromatic rings. The molecule has 1 N–H and O–H groups in total. The maximum atomic E-state index is 13.2. The van der Waals surface area contributed by atoms with Crippen LogP contribution in [0.3, 0.4) is 0 Å². The number of hydrogen-bond acceptors (Lipinski definition) is 8. The molecule has 2 aromatic carbocycles. The van der Waals surface area contributed by atoms with E-state index >= 15 is 0 Å². The molecule has 9 nitrogen and oxygen atoms in total. The highest BCUT2D eigenvalue weighted by molar-refractivity contribution is 6.36. The molecular weight excluding hydrogens is 428 g/mol. The molecule has 9 heteroatoms. The zero-order valence-electron chi connectivity index (χ0n) is 19.4. The maximum Gasteiger partial charge on any atom is 0.278 e. The summed E-state index contributed by atoms with van der Waals surface area (Å²) < 4.78 is 26.7. The van der Waals surface area contributed by atoms with Crippen molar-refractivity contribution in [2.75, 3.05) is 53.5 Å². The lowest BCUT2D eigenvalue weighted by Crippen LogP contribution is -2.35. The van der Waals surface area contributed by atoms with E-state index in [9.17, 15) is 9.59 Å². The molecule has 176 valence electrons. The Morgan fingerprint density at radius 3 is 2.03 bits per heavy atom. The zero-order chi connectivity index (χ0) is 24.0. The van der Waals surface area contributed by atoms with Crippen LogP contribution in [0.5, 0.6) is 23.0 Å². The van der Waals surface area contributed by atoms with E-state index in [1.807, 2.05) is 6.92 Å². The third-order valence-corrected chi connectivity index (χ3v) is 5.08. The third-order valence-electron chi connectivity index (χ3n) is 5.08. The van der Waals surface area contributed by atoms with Crippen molar-refractivity contribution in [1.82, 2.24) is 4.90 Å². The minimum Gasteiger partial charge on any atom is -0.494 e. The Bertz CT molecular complexity index is 1020. The third kappa shape index (κ3) is 4.88. The summed E-state index contributed by atoms with van der Waals surface area (Å²) in [7, 11) is 6.03. The molecule has 0 fully saturated rings. The molecule has 0 atom stereocenters. The van der Waals surface area contributed by atoms with Gasteiger partial charge in [0, 0.05) is 24.9 Å². The van der Waals surface area contributed by atoms with Gasteiger partial charge in [0.2, 0.25) is 5.75 Å². The first kappa shape index (κ1) is 23.9. The highest BCUT2D eigenvalue weighted by Crippen LogP contribution is 2.41. The number of benzene rings is 2. The Hall–Kier alpha value is -3.72. The van der Waals surface area contributed by atoms with Crippen molar-refractivity contribution in [3.05, 3.63) is 47.7 Å². The molecule has 3 rings (SSSR count). The predicted octanol–water partition coefficient (Wildman–Crippen LogP) is 2.95. The van der Waals surface area contributed by atoms with Gasteiger partial charge in [0.15, 0.2) is 11.5 Å². The first-order chi connectivity index (χ1) is 16.0. The maximum absolute atomic E-state index is 13.2. The van der Waals surface area contributed by atoms with Crippen LogP contribution in [-0.4, -0.2) is 64.9 Å². The zero-order valence-corrected chi connectivity index (χ0v) is 19.4. The molecule has 0 bridgehead atoms. The molecule has 0 aliphatic carbocycles. The minimum atomic E-state index is -0.449.